The van der Waals surface area contributed by atoms with Crippen molar-refractivity contribution in [1.29, 1.82) is 0 Å². The van der Waals surface area contributed by atoms with Crippen LogP contribution in [0.1, 0.15) is 41.9 Å². The molecule has 2 aliphatic rings. The van der Waals surface area contributed by atoms with Crippen LogP contribution in [0.5, 0.6) is 11.5 Å². The van der Waals surface area contributed by atoms with Gasteiger partial charge in [-0.15, -0.1) is 0 Å². The maximum atomic E-state index is 13.1. The van der Waals surface area contributed by atoms with E-state index in [1.54, 1.807) is 25.1 Å². The summed E-state index contributed by atoms with van der Waals surface area (Å²) in [6.45, 7) is 2.96. The fourth-order valence-corrected chi connectivity index (χ4v) is 3.94. The lowest BCUT2D eigenvalue weighted by atomic mass is 9.94. The van der Waals surface area contributed by atoms with Gasteiger partial charge in [-0.25, -0.2) is 0 Å². The lowest BCUT2D eigenvalue weighted by Crippen LogP contribution is -2.37. The van der Waals surface area contributed by atoms with Gasteiger partial charge in [0.2, 0.25) is 5.78 Å². The first kappa shape index (κ1) is 20.0. The van der Waals surface area contributed by atoms with Crippen LogP contribution >= 0.6 is 0 Å². The second-order valence-corrected chi connectivity index (χ2v) is 7.22. The molecular weight excluding hydrogens is 390 g/mol. The predicted octanol–water partition coefficient (Wildman–Crippen LogP) is 3.14. The minimum absolute atomic E-state index is 0.0251. The highest BCUT2D eigenvalue weighted by Crippen LogP contribution is 2.42. The smallest absolute Gasteiger partial charge is 0.290 e. The van der Waals surface area contributed by atoms with Crippen LogP contribution in [0.2, 0.25) is 0 Å². The first-order chi connectivity index (χ1) is 14.5. The van der Waals surface area contributed by atoms with Gasteiger partial charge in [0.05, 0.1) is 30.6 Å². The van der Waals surface area contributed by atoms with Gasteiger partial charge in [0.1, 0.15) is 0 Å². The summed E-state index contributed by atoms with van der Waals surface area (Å²) in [5, 5.41) is 20.7. The monoisotopic (exact) mass is 413 g/mol. The van der Waals surface area contributed by atoms with Gasteiger partial charge in [0.15, 0.2) is 23.0 Å². The Balaban J connectivity index is 1.78. The van der Waals surface area contributed by atoms with Crippen LogP contribution in [0, 0.1) is 0 Å². The molecule has 2 N–H and O–H groups in total. The average molecular weight is 413 g/mol. The lowest BCUT2D eigenvalue weighted by Gasteiger charge is -2.29. The molecule has 0 bridgehead atoms. The van der Waals surface area contributed by atoms with E-state index in [1.807, 2.05) is 0 Å². The number of aliphatic hydroxyl groups is 1. The number of furan rings is 1. The van der Waals surface area contributed by atoms with Gasteiger partial charge in [0, 0.05) is 13.2 Å². The standard InChI is InChI=1S/C22H23NO7/c1-2-28-17-11-13(7-8-15(17)24)19-18(20(25)16-6-4-10-30-16)21(26)22(27)23(19)12-14-5-3-9-29-14/h4,6-8,10-11,14,19,24,26H,2-3,5,9,12H2,1H3/t14-,19-/m0/s1. The zero-order valence-corrected chi connectivity index (χ0v) is 16.5. The van der Waals surface area contributed by atoms with E-state index in [4.69, 9.17) is 13.9 Å². The van der Waals surface area contributed by atoms with E-state index in [2.05, 4.69) is 0 Å². The van der Waals surface area contributed by atoms with Crippen LogP contribution in [0.25, 0.3) is 0 Å². The Kier molecular flexibility index (Phi) is 5.50. The van der Waals surface area contributed by atoms with Crippen molar-refractivity contribution < 1.29 is 33.7 Å². The van der Waals surface area contributed by atoms with Crippen molar-refractivity contribution in [2.24, 2.45) is 0 Å². The van der Waals surface area contributed by atoms with Gasteiger partial charge in [-0.2, -0.15) is 0 Å². The van der Waals surface area contributed by atoms with Gasteiger partial charge in [-0.05, 0) is 49.6 Å². The summed E-state index contributed by atoms with van der Waals surface area (Å²) < 4.78 is 16.3. The molecule has 1 aromatic carbocycles. The SMILES string of the molecule is CCOc1cc([C@H]2C(C(=O)c3ccco3)=C(O)C(=O)N2C[C@@H]2CCCO2)ccc1O. The Morgan fingerprint density at radius 1 is 1.30 bits per heavy atom. The van der Waals surface area contributed by atoms with E-state index >= 15 is 0 Å². The molecule has 2 atom stereocenters. The zero-order valence-electron chi connectivity index (χ0n) is 16.5. The summed E-state index contributed by atoms with van der Waals surface area (Å²) in [5.41, 5.74) is 0.461. The predicted molar refractivity (Wildman–Crippen MR) is 105 cm³/mol. The molecule has 158 valence electrons. The molecule has 0 unspecified atom stereocenters. The Hall–Kier alpha value is -3.26. The second-order valence-electron chi connectivity index (χ2n) is 7.22. The number of carbonyl (C=O) groups excluding carboxylic acids is 2. The molecule has 0 radical (unpaired) electrons. The van der Waals surface area contributed by atoms with Crippen molar-refractivity contribution >= 4 is 11.7 Å². The number of Topliss-reactive ketones (excluding diaryl/α,β-unsaturated/α-hetero) is 1. The number of phenols is 1. The Morgan fingerprint density at radius 3 is 2.80 bits per heavy atom. The van der Waals surface area contributed by atoms with Crippen LogP contribution in [0.3, 0.4) is 0 Å². The van der Waals surface area contributed by atoms with Crippen molar-refractivity contribution in [3.8, 4) is 11.5 Å². The molecule has 1 aromatic heterocycles. The summed E-state index contributed by atoms with van der Waals surface area (Å²) in [4.78, 5) is 27.5. The van der Waals surface area contributed by atoms with Gasteiger partial charge < -0.3 is 29.0 Å². The summed E-state index contributed by atoms with van der Waals surface area (Å²) in [5.74, 6) is -1.62. The highest BCUT2D eigenvalue weighted by molar-refractivity contribution is 6.15. The average Bonchev–Trinajstić information content (AvgIpc) is 3.48. The number of aliphatic hydroxyl groups excluding tert-OH is 1. The molecular formula is C22H23NO7. The maximum absolute atomic E-state index is 13.1. The second kappa shape index (κ2) is 8.23. The topological polar surface area (TPSA) is 109 Å². The number of benzene rings is 1. The molecule has 2 aliphatic heterocycles. The number of hydrogen-bond donors (Lipinski definition) is 2. The zero-order chi connectivity index (χ0) is 21.3. The van der Waals surface area contributed by atoms with Gasteiger partial charge >= 0.3 is 0 Å². The molecule has 1 amide bonds. The van der Waals surface area contributed by atoms with E-state index < -0.39 is 23.5 Å². The van der Waals surface area contributed by atoms with Gasteiger partial charge in [0.25, 0.3) is 5.91 Å². The number of rotatable bonds is 7. The quantitative estimate of drug-likeness (QED) is 0.671. The molecule has 0 saturated carbocycles. The highest BCUT2D eigenvalue weighted by atomic mass is 16.5. The molecule has 2 aromatic rings. The van der Waals surface area contributed by atoms with Crippen LogP contribution < -0.4 is 4.74 Å². The van der Waals surface area contributed by atoms with Crippen LogP contribution in [0.4, 0.5) is 0 Å². The number of nitrogens with zero attached hydrogens (tertiary/aromatic N) is 1. The third kappa shape index (κ3) is 3.54. The van der Waals surface area contributed by atoms with E-state index in [0.717, 1.165) is 12.8 Å². The third-order valence-corrected chi connectivity index (χ3v) is 5.32. The summed E-state index contributed by atoms with van der Waals surface area (Å²) in [7, 11) is 0. The number of hydrogen-bond acceptors (Lipinski definition) is 7. The van der Waals surface area contributed by atoms with Crippen LogP contribution in [0.15, 0.2) is 52.3 Å². The third-order valence-electron chi connectivity index (χ3n) is 5.32. The fourth-order valence-electron chi connectivity index (χ4n) is 3.94. The highest BCUT2D eigenvalue weighted by Gasteiger charge is 2.45. The molecule has 30 heavy (non-hydrogen) atoms. The first-order valence-electron chi connectivity index (χ1n) is 9.90. The van der Waals surface area contributed by atoms with E-state index in [-0.39, 0.29) is 35.5 Å². The molecule has 3 heterocycles. The van der Waals surface area contributed by atoms with Crippen molar-refractivity contribution in [1.82, 2.24) is 4.90 Å². The largest absolute Gasteiger partial charge is 0.504 e. The van der Waals surface area contributed by atoms with Crippen molar-refractivity contribution in [2.45, 2.75) is 31.9 Å². The number of aromatic hydroxyl groups is 1. The van der Waals surface area contributed by atoms with Gasteiger partial charge in [-0.1, -0.05) is 6.07 Å². The molecule has 1 saturated heterocycles. The molecule has 1 fully saturated rings. The Labute approximate surface area is 173 Å². The van der Waals surface area contributed by atoms with Crippen LogP contribution in [-0.4, -0.2) is 52.7 Å². The molecule has 8 heteroatoms. The van der Waals surface area contributed by atoms with E-state index in [9.17, 15) is 19.8 Å². The minimum Gasteiger partial charge on any atom is -0.504 e. The van der Waals surface area contributed by atoms with E-state index in [0.29, 0.717) is 18.8 Å². The first-order valence-corrected chi connectivity index (χ1v) is 9.90. The van der Waals surface area contributed by atoms with Gasteiger partial charge in [-0.3, -0.25) is 9.59 Å². The van der Waals surface area contributed by atoms with E-state index in [1.165, 1.54) is 23.3 Å². The molecule has 8 nitrogen and oxygen atoms in total. The van der Waals surface area contributed by atoms with Crippen molar-refractivity contribution in [3.63, 3.8) is 0 Å². The normalized spacial score (nSPS) is 21.5. The number of amides is 1. The number of ether oxygens (including phenoxy) is 2. The lowest BCUT2D eigenvalue weighted by molar-refractivity contribution is -0.131. The van der Waals surface area contributed by atoms with Crippen molar-refractivity contribution in [3.05, 3.63) is 59.3 Å². The van der Waals surface area contributed by atoms with Crippen molar-refractivity contribution in [2.75, 3.05) is 19.8 Å². The molecule has 0 aliphatic carbocycles. The Morgan fingerprint density at radius 2 is 2.13 bits per heavy atom. The molecule has 4 rings (SSSR count). The number of phenolic OH excluding ortho intramolecular Hbond substituents is 1. The Bertz CT molecular complexity index is 973. The van der Waals surface area contributed by atoms with Crippen LogP contribution in [-0.2, 0) is 9.53 Å². The maximum Gasteiger partial charge on any atom is 0.290 e. The number of ketones is 1. The molecule has 0 spiro atoms. The summed E-state index contributed by atoms with van der Waals surface area (Å²) in [6, 6.07) is 6.81. The number of carbonyl (C=O) groups is 2. The fraction of sp³-hybridized carbons (Fsp3) is 0.364. The summed E-state index contributed by atoms with van der Waals surface area (Å²) >= 11 is 0. The summed E-state index contributed by atoms with van der Waals surface area (Å²) in [6.07, 6.45) is 2.86. The minimum atomic E-state index is -0.862.